The van der Waals surface area contributed by atoms with Gasteiger partial charge < -0.3 is 14.7 Å². The molecule has 0 amide bonds. The molecule has 7 heteroatoms. The number of benzene rings is 1. The molecule has 0 saturated heterocycles. The lowest BCUT2D eigenvalue weighted by molar-refractivity contribution is 0.311. The van der Waals surface area contributed by atoms with Crippen LogP contribution in [0.2, 0.25) is 5.02 Å². The minimum Gasteiger partial charge on any atom is -0.504 e. The molecule has 1 aliphatic rings. The number of hydrogen-bond donors (Lipinski definition) is 1. The highest BCUT2D eigenvalue weighted by Crippen LogP contribution is 2.37. The van der Waals surface area contributed by atoms with Gasteiger partial charge >= 0.3 is 0 Å². The summed E-state index contributed by atoms with van der Waals surface area (Å²) in [5.74, 6) is 2.17. The zero-order chi connectivity index (χ0) is 18.1. The lowest BCUT2D eigenvalue weighted by Crippen LogP contribution is -2.26. The van der Waals surface area contributed by atoms with E-state index < -0.39 is 0 Å². The monoisotopic (exact) mass is 368 g/mol. The lowest BCUT2D eigenvalue weighted by atomic mass is 10.0. The smallest absolute Gasteiger partial charge is 0.166 e. The zero-order valence-electron chi connectivity index (χ0n) is 14.2. The second-order valence-corrected chi connectivity index (χ2v) is 6.51. The van der Waals surface area contributed by atoms with Gasteiger partial charge in [0, 0.05) is 30.1 Å². The van der Waals surface area contributed by atoms with Crippen molar-refractivity contribution in [2.24, 2.45) is 0 Å². The summed E-state index contributed by atoms with van der Waals surface area (Å²) >= 11 is 5.92. The van der Waals surface area contributed by atoms with E-state index in [0.29, 0.717) is 30.5 Å². The molecule has 3 heterocycles. The van der Waals surface area contributed by atoms with Gasteiger partial charge in [0.1, 0.15) is 18.2 Å². The predicted molar refractivity (Wildman–Crippen MR) is 99.7 cm³/mol. The van der Waals surface area contributed by atoms with E-state index in [1.54, 1.807) is 24.5 Å². The number of hydrogen-bond acceptors (Lipinski definition) is 6. The van der Waals surface area contributed by atoms with Crippen LogP contribution in [-0.4, -0.2) is 33.2 Å². The number of nitrogens with zero attached hydrogens (tertiary/aromatic N) is 4. The minimum absolute atomic E-state index is 0.106. The van der Waals surface area contributed by atoms with Gasteiger partial charge in [-0.05, 0) is 37.3 Å². The quantitative estimate of drug-likeness (QED) is 0.745. The summed E-state index contributed by atoms with van der Waals surface area (Å²) in [7, 11) is 0. The van der Waals surface area contributed by atoms with Gasteiger partial charge in [-0.3, -0.25) is 4.98 Å². The number of fused-ring (bicyclic) bond motifs is 1. The van der Waals surface area contributed by atoms with E-state index in [2.05, 4.69) is 19.9 Å². The molecule has 0 unspecified atom stereocenters. The van der Waals surface area contributed by atoms with Crippen molar-refractivity contribution in [3.63, 3.8) is 0 Å². The van der Waals surface area contributed by atoms with Crippen molar-refractivity contribution < 1.29 is 9.84 Å². The molecule has 0 radical (unpaired) electrons. The van der Waals surface area contributed by atoms with Crippen molar-refractivity contribution in [2.45, 2.75) is 13.5 Å². The number of aryl methyl sites for hydroxylation is 1. The summed E-state index contributed by atoms with van der Waals surface area (Å²) < 4.78 is 5.79. The second-order valence-electron chi connectivity index (χ2n) is 6.08. The standard InChI is InChI=1S/C19H17ClN4O2/c1-12-21-5-4-18(23-12)24-6-7-26-19-14(11-24)8-13(9-17(19)25)16-3-2-15(20)10-22-16/h2-5,8-10,25H,6-7,11H2,1H3. The number of rotatable bonds is 2. The summed E-state index contributed by atoms with van der Waals surface area (Å²) in [6.45, 7) is 3.56. The number of aromatic hydroxyl groups is 1. The Morgan fingerprint density at radius 3 is 2.85 bits per heavy atom. The Labute approximate surface area is 156 Å². The van der Waals surface area contributed by atoms with Crippen molar-refractivity contribution in [1.82, 2.24) is 15.0 Å². The van der Waals surface area contributed by atoms with Crippen molar-refractivity contribution >= 4 is 17.4 Å². The molecule has 26 heavy (non-hydrogen) atoms. The summed E-state index contributed by atoms with van der Waals surface area (Å²) in [6.07, 6.45) is 3.34. The Morgan fingerprint density at radius 2 is 2.08 bits per heavy atom. The molecule has 0 aliphatic carbocycles. The number of phenols is 1. The first kappa shape index (κ1) is 16.6. The fourth-order valence-electron chi connectivity index (χ4n) is 3.01. The van der Waals surface area contributed by atoms with Crippen molar-refractivity contribution in [3.05, 3.63) is 59.1 Å². The van der Waals surface area contributed by atoms with Gasteiger partial charge in [-0.2, -0.15) is 0 Å². The zero-order valence-corrected chi connectivity index (χ0v) is 14.9. The number of anilines is 1. The van der Waals surface area contributed by atoms with Gasteiger partial charge in [0.25, 0.3) is 0 Å². The van der Waals surface area contributed by atoms with Gasteiger partial charge in [-0.25, -0.2) is 9.97 Å². The average Bonchev–Trinajstić information content (AvgIpc) is 2.85. The molecule has 1 aliphatic heterocycles. The van der Waals surface area contributed by atoms with Gasteiger partial charge in [0.05, 0.1) is 17.3 Å². The highest BCUT2D eigenvalue weighted by molar-refractivity contribution is 6.30. The van der Waals surface area contributed by atoms with E-state index in [4.69, 9.17) is 16.3 Å². The van der Waals surface area contributed by atoms with E-state index in [0.717, 1.165) is 28.5 Å². The molecule has 0 spiro atoms. The van der Waals surface area contributed by atoms with Gasteiger partial charge in [-0.15, -0.1) is 0 Å². The maximum atomic E-state index is 10.5. The molecule has 0 fully saturated rings. The molecule has 0 saturated carbocycles. The minimum atomic E-state index is 0.106. The normalized spacial score (nSPS) is 13.7. The van der Waals surface area contributed by atoms with Crippen LogP contribution in [0, 0.1) is 6.92 Å². The van der Waals surface area contributed by atoms with Crippen LogP contribution in [0.25, 0.3) is 11.3 Å². The molecular formula is C19H17ClN4O2. The highest BCUT2D eigenvalue weighted by Gasteiger charge is 2.21. The van der Waals surface area contributed by atoms with Crippen LogP contribution in [0.15, 0.2) is 42.7 Å². The molecule has 0 atom stereocenters. The van der Waals surface area contributed by atoms with Crippen LogP contribution < -0.4 is 9.64 Å². The van der Waals surface area contributed by atoms with Gasteiger partial charge in [0.2, 0.25) is 0 Å². The van der Waals surface area contributed by atoms with Crippen LogP contribution in [0.4, 0.5) is 5.82 Å². The van der Waals surface area contributed by atoms with Crippen LogP contribution >= 0.6 is 11.6 Å². The molecule has 6 nitrogen and oxygen atoms in total. The third-order valence-electron chi connectivity index (χ3n) is 4.22. The first-order valence-corrected chi connectivity index (χ1v) is 8.63. The van der Waals surface area contributed by atoms with Crippen LogP contribution in [0.1, 0.15) is 11.4 Å². The average molecular weight is 369 g/mol. The fraction of sp³-hybridized carbons (Fsp3) is 0.211. The Morgan fingerprint density at radius 1 is 1.19 bits per heavy atom. The van der Waals surface area contributed by atoms with Gasteiger partial charge in [0.15, 0.2) is 11.5 Å². The maximum absolute atomic E-state index is 10.5. The third kappa shape index (κ3) is 3.28. The Hall–Kier alpha value is -2.86. The molecule has 3 aromatic rings. The molecule has 132 valence electrons. The third-order valence-corrected chi connectivity index (χ3v) is 4.45. The first-order valence-electron chi connectivity index (χ1n) is 8.25. The SMILES string of the molecule is Cc1nccc(N2CCOc3c(O)cc(-c4ccc(Cl)cn4)cc3C2)n1. The van der Waals surface area contributed by atoms with Crippen LogP contribution in [0.5, 0.6) is 11.5 Å². The maximum Gasteiger partial charge on any atom is 0.166 e. The number of pyridine rings is 1. The molecular weight excluding hydrogens is 352 g/mol. The Kier molecular flexibility index (Phi) is 4.34. The van der Waals surface area contributed by atoms with Crippen molar-refractivity contribution in [2.75, 3.05) is 18.1 Å². The van der Waals surface area contributed by atoms with Gasteiger partial charge in [-0.1, -0.05) is 11.6 Å². The molecule has 4 rings (SSSR count). The Balaban J connectivity index is 1.73. The number of halogens is 1. The highest BCUT2D eigenvalue weighted by atomic mass is 35.5. The summed E-state index contributed by atoms with van der Waals surface area (Å²) in [6, 6.07) is 9.13. The number of ether oxygens (including phenoxy) is 1. The number of aromatic nitrogens is 3. The van der Waals surface area contributed by atoms with Crippen molar-refractivity contribution in [3.8, 4) is 22.8 Å². The van der Waals surface area contributed by atoms with Crippen LogP contribution in [0.3, 0.4) is 0 Å². The molecule has 1 N–H and O–H groups in total. The van der Waals surface area contributed by atoms with E-state index in [-0.39, 0.29) is 5.75 Å². The lowest BCUT2D eigenvalue weighted by Gasteiger charge is -2.21. The topological polar surface area (TPSA) is 71.4 Å². The molecule has 2 aromatic heterocycles. The predicted octanol–water partition coefficient (Wildman–Crippen LogP) is 3.61. The Bertz CT molecular complexity index is 947. The van der Waals surface area contributed by atoms with E-state index in [1.807, 2.05) is 25.1 Å². The fourth-order valence-corrected chi connectivity index (χ4v) is 3.12. The van der Waals surface area contributed by atoms with E-state index >= 15 is 0 Å². The number of phenolic OH excluding ortho intramolecular Hbond substituents is 1. The summed E-state index contributed by atoms with van der Waals surface area (Å²) in [4.78, 5) is 15.1. The second kappa shape index (κ2) is 6.80. The molecule has 0 bridgehead atoms. The summed E-state index contributed by atoms with van der Waals surface area (Å²) in [5, 5.41) is 11.0. The van der Waals surface area contributed by atoms with Crippen molar-refractivity contribution in [1.29, 1.82) is 0 Å². The summed E-state index contributed by atoms with van der Waals surface area (Å²) in [5.41, 5.74) is 2.42. The largest absolute Gasteiger partial charge is 0.504 e. The first-order chi connectivity index (χ1) is 12.6. The van der Waals surface area contributed by atoms with Crippen LogP contribution in [-0.2, 0) is 6.54 Å². The van der Waals surface area contributed by atoms with E-state index in [9.17, 15) is 5.11 Å². The van der Waals surface area contributed by atoms with E-state index in [1.165, 1.54) is 0 Å². The molecule has 1 aromatic carbocycles.